The third-order valence-electron chi connectivity index (χ3n) is 10.6. The maximum Gasteiger partial charge on any atom is 0.319 e. The van der Waals surface area contributed by atoms with Crippen LogP contribution in [-0.4, -0.2) is 106 Å². The zero-order chi connectivity index (χ0) is 41.3. The summed E-state index contributed by atoms with van der Waals surface area (Å²) in [6.07, 6.45) is 0.0708. The van der Waals surface area contributed by atoms with E-state index in [1.165, 1.54) is 30.3 Å². The number of nitrogens with one attached hydrogen (secondary N) is 6. The lowest BCUT2D eigenvalue weighted by atomic mass is 10.0. The number of hydrogen-bond acceptors (Lipinski definition) is 10. The molecule has 1 fully saturated rings. The van der Waals surface area contributed by atoms with E-state index in [1.54, 1.807) is 17.0 Å². The van der Waals surface area contributed by atoms with Crippen LogP contribution >= 0.6 is 0 Å². The molecule has 0 saturated carbocycles. The number of likely N-dealkylation sites (N-methyl/N-ethyl adjacent to an activating group) is 1. The summed E-state index contributed by atoms with van der Waals surface area (Å²) in [5, 5.41) is 21.5. The van der Waals surface area contributed by atoms with Crippen molar-refractivity contribution in [2.45, 2.75) is 50.9 Å². The van der Waals surface area contributed by atoms with Gasteiger partial charge in [0.15, 0.2) is 5.82 Å². The van der Waals surface area contributed by atoms with E-state index in [9.17, 15) is 33.6 Å². The highest BCUT2D eigenvalue weighted by Crippen LogP contribution is 2.41. The molecule has 3 aliphatic rings. The van der Waals surface area contributed by atoms with Crippen LogP contribution in [0.25, 0.3) is 0 Å². The van der Waals surface area contributed by atoms with Crippen LogP contribution in [0, 0.1) is 0 Å². The lowest BCUT2D eigenvalue weighted by molar-refractivity contribution is -0.136. The van der Waals surface area contributed by atoms with Crippen molar-refractivity contribution in [3.8, 4) is 0 Å². The van der Waals surface area contributed by atoms with Crippen LogP contribution in [0.1, 0.15) is 91.0 Å². The fraction of sp³-hybridized carbons (Fsp3) is 0.317. The zero-order valence-corrected chi connectivity index (χ0v) is 32.5. The number of amides is 8. The molecule has 1 unspecified atom stereocenters. The van der Waals surface area contributed by atoms with E-state index in [1.807, 2.05) is 63.2 Å². The monoisotopic (exact) mass is 788 g/mol. The fourth-order valence-corrected chi connectivity index (χ4v) is 7.55. The second-order valence-corrected chi connectivity index (χ2v) is 15.1. The highest BCUT2D eigenvalue weighted by molar-refractivity contribution is 6.25. The summed E-state index contributed by atoms with van der Waals surface area (Å²) >= 11 is 0. The lowest BCUT2D eigenvalue weighted by Crippen LogP contribution is -2.54. The summed E-state index contributed by atoms with van der Waals surface area (Å²) in [6.45, 7) is 5.02. The molecule has 4 aromatic rings. The molecule has 4 heterocycles. The van der Waals surface area contributed by atoms with E-state index in [4.69, 9.17) is 0 Å². The number of carbonyl (C=O) groups is 7. The van der Waals surface area contributed by atoms with Crippen molar-refractivity contribution in [3.63, 3.8) is 0 Å². The first-order valence-electron chi connectivity index (χ1n) is 18.9. The molecule has 58 heavy (non-hydrogen) atoms. The van der Waals surface area contributed by atoms with Gasteiger partial charge < -0.3 is 31.1 Å². The molecular formula is C41H44N10O7. The van der Waals surface area contributed by atoms with E-state index in [-0.39, 0.29) is 55.7 Å². The second-order valence-electron chi connectivity index (χ2n) is 15.1. The Bertz CT molecular complexity index is 2300. The number of hydrogen-bond donors (Lipinski definition) is 6. The SMILES string of the molecule is CN(C)C[C@@H](NC(=O)N1Cc2c(NC(=O)c3ccc(C(=O)NCCNc4cccc5c4C(=O)N(C4CCC(=O)NC4=O)C5=O)cc3)n[nH]c2C1(C)C)c1ccccc1. The Hall–Kier alpha value is -6.88. The molecule has 2 atom stereocenters. The highest BCUT2D eigenvalue weighted by Gasteiger charge is 2.46. The second kappa shape index (κ2) is 15.9. The summed E-state index contributed by atoms with van der Waals surface area (Å²) in [5.74, 6) is -2.92. The number of aromatic nitrogens is 2. The van der Waals surface area contributed by atoms with Crippen molar-refractivity contribution in [2.24, 2.45) is 0 Å². The van der Waals surface area contributed by atoms with Gasteiger partial charge in [-0.25, -0.2) is 4.79 Å². The van der Waals surface area contributed by atoms with Crippen molar-refractivity contribution >= 4 is 53.0 Å². The molecule has 3 aliphatic heterocycles. The number of carbonyl (C=O) groups excluding carboxylic acids is 7. The third-order valence-corrected chi connectivity index (χ3v) is 10.6. The smallest absolute Gasteiger partial charge is 0.319 e. The van der Waals surface area contributed by atoms with Crippen molar-refractivity contribution in [2.75, 3.05) is 44.4 Å². The number of H-pyrrole nitrogens is 1. The van der Waals surface area contributed by atoms with Gasteiger partial charge in [0.1, 0.15) is 6.04 Å². The molecular weight excluding hydrogens is 745 g/mol. The van der Waals surface area contributed by atoms with E-state index >= 15 is 0 Å². The Balaban J connectivity index is 0.923. The van der Waals surface area contributed by atoms with Crippen molar-refractivity contribution < 1.29 is 33.6 Å². The molecule has 1 saturated heterocycles. The molecule has 0 radical (unpaired) electrons. The average molecular weight is 789 g/mol. The van der Waals surface area contributed by atoms with Crippen LogP contribution in [-0.2, 0) is 21.7 Å². The van der Waals surface area contributed by atoms with Gasteiger partial charge in [-0.1, -0.05) is 36.4 Å². The van der Waals surface area contributed by atoms with Crippen molar-refractivity contribution in [1.82, 2.24) is 40.8 Å². The van der Waals surface area contributed by atoms with E-state index in [0.29, 0.717) is 40.4 Å². The minimum Gasteiger partial charge on any atom is -0.383 e. The standard InChI is InChI=1S/C41H44N10O7/c1-41(2)33-27(21-50(41)40(58)44-29(22-49(3)4)23-9-6-5-7-10-23)34(48-47-33)46-36(54)25-15-13-24(14-16-25)35(53)43-20-19-42-28-12-8-11-26-32(28)39(57)51(38(26)56)30-17-18-31(52)45-37(30)55/h5-16,29-30,42H,17-22H2,1-4H3,(H,43,53)(H,44,58)(H,45,52,55)(H2,46,47,48,54)/t29-,30?/m1/s1. The van der Waals surface area contributed by atoms with Gasteiger partial charge in [-0.05, 0) is 76.3 Å². The number of anilines is 2. The molecule has 300 valence electrons. The first-order chi connectivity index (χ1) is 27.7. The van der Waals surface area contributed by atoms with Gasteiger partial charge in [0.05, 0.1) is 34.9 Å². The quantitative estimate of drug-likeness (QED) is 0.0911. The Kier molecular flexibility index (Phi) is 10.8. The minimum atomic E-state index is -1.08. The van der Waals surface area contributed by atoms with Gasteiger partial charge in [-0.15, -0.1) is 0 Å². The van der Waals surface area contributed by atoms with E-state index in [2.05, 4.69) is 36.8 Å². The summed E-state index contributed by atoms with van der Waals surface area (Å²) in [5.41, 5.74) is 2.90. The molecule has 0 bridgehead atoms. The maximum absolute atomic E-state index is 13.7. The molecule has 17 nitrogen and oxygen atoms in total. The predicted octanol–water partition coefficient (Wildman–Crippen LogP) is 2.97. The lowest BCUT2D eigenvalue weighted by Gasteiger charge is -2.34. The van der Waals surface area contributed by atoms with Crippen LogP contribution in [0.15, 0.2) is 72.8 Å². The fourth-order valence-electron chi connectivity index (χ4n) is 7.55. The molecule has 3 aromatic carbocycles. The van der Waals surface area contributed by atoms with Gasteiger partial charge >= 0.3 is 6.03 Å². The number of nitrogens with zero attached hydrogens (tertiary/aromatic N) is 4. The normalized spacial score (nSPS) is 17.4. The van der Waals surface area contributed by atoms with Gasteiger partial charge in [0.2, 0.25) is 11.8 Å². The molecule has 1 aromatic heterocycles. The molecule has 8 amide bonds. The molecule has 0 aliphatic carbocycles. The van der Waals surface area contributed by atoms with Gasteiger partial charge in [-0.3, -0.25) is 44.1 Å². The molecule has 7 rings (SSSR count). The van der Waals surface area contributed by atoms with Crippen LogP contribution in [0.2, 0.25) is 0 Å². The first kappa shape index (κ1) is 39.4. The summed E-state index contributed by atoms with van der Waals surface area (Å²) in [4.78, 5) is 95.1. The van der Waals surface area contributed by atoms with Crippen molar-refractivity contribution in [1.29, 1.82) is 0 Å². The Morgan fingerprint density at radius 2 is 1.60 bits per heavy atom. The molecule has 6 N–H and O–H groups in total. The van der Waals surface area contributed by atoms with E-state index < -0.39 is 47.0 Å². The van der Waals surface area contributed by atoms with E-state index in [0.717, 1.165) is 10.5 Å². The van der Waals surface area contributed by atoms with Crippen LogP contribution < -0.4 is 26.6 Å². The summed E-state index contributed by atoms with van der Waals surface area (Å²) < 4.78 is 0. The number of rotatable bonds is 12. The number of aromatic amines is 1. The number of piperidine rings is 1. The van der Waals surface area contributed by atoms with Crippen LogP contribution in [0.5, 0.6) is 0 Å². The van der Waals surface area contributed by atoms with Gasteiger partial charge in [-0.2, -0.15) is 5.10 Å². The Labute approximate surface area is 333 Å². The van der Waals surface area contributed by atoms with Crippen LogP contribution in [0.4, 0.5) is 16.3 Å². The van der Waals surface area contributed by atoms with Gasteiger partial charge in [0, 0.05) is 48.4 Å². The van der Waals surface area contributed by atoms with Crippen molar-refractivity contribution in [3.05, 3.63) is 112 Å². The predicted molar refractivity (Wildman–Crippen MR) is 212 cm³/mol. The third kappa shape index (κ3) is 7.63. The zero-order valence-electron chi connectivity index (χ0n) is 32.5. The number of imide groups is 2. The largest absolute Gasteiger partial charge is 0.383 e. The Morgan fingerprint density at radius 3 is 2.29 bits per heavy atom. The van der Waals surface area contributed by atoms with Crippen LogP contribution in [0.3, 0.4) is 0 Å². The number of fused-ring (bicyclic) bond motifs is 2. The number of benzene rings is 3. The number of urea groups is 1. The molecule has 0 spiro atoms. The summed E-state index contributed by atoms with van der Waals surface area (Å²) in [6, 6.07) is 19.1. The topological polar surface area (TPSA) is 218 Å². The Morgan fingerprint density at radius 1 is 0.897 bits per heavy atom. The minimum absolute atomic E-state index is 0.0197. The highest BCUT2D eigenvalue weighted by atomic mass is 16.2. The first-order valence-corrected chi connectivity index (χ1v) is 18.9. The van der Waals surface area contributed by atoms with Gasteiger partial charge in [0.25, 0.3) is 23.6 Å². The average Bonchev–Trinajstić information content (AvgIpc) is 3.81. The summed E-state index contributed by atoms with van der Waals surface area (Å²) in [7, 11) is 3.90. The maximum atomic E-state index is 13.7. The molecule has 17 heteroatoms.